The van der Waals surface area contributed by atoms with E-state index in [1.807, 2.05) is 29.2 Å². The quantitative estimate of drug-likeness (QED) is 0.831. The molecular weight excluding hydrogens is 238 g/mol. The second kappa shape index (κ2) is 4.72. The predicted octanol–water partition coefficient (Wildman–Crippen LogP) is 1.86. The van der Waals surface area contributed by atoms with Crippen molar-refractivity contribution in [3.05, 3.63) is 59.4 Å². The number of hydrogen-bond acceptors (Lipinski definition) is 3. The van der Waals surface area contributed by atoms with Crippen LogP contribution in [0.15, 0.2) is 42.7 Å². The van der Waals surface area contributed by atoms with Gasteiger partial charge in [0.05, 0.1) is 5.56 Å². The minimum absolute atomic E-state index is 0.0242. The van der Waals surface area contributed by atoms with Crippen LogP contribution in [0.2, 0.25) is 0 Å². The smallest absolute Gasteiger partial charge is 0.256 e. The summed E-state index contributed by atoms with van der Waals surface area (Å²) in [5.74, 6) is 0.0242. The Morgan fingerprint density at radius 1 is 1.21 bits per heavy atom. The predicted molar refractivity (Wildman–Crippen MR) is 73.5 cm³/mol. The van der Waals surface area contributed by atoms with Gasteiger partial charge in [0.15, 0.2) is 0 Å². The van der Waals surface area contributed by atoms with Crippen LogP contribution in [0.3, 0.4) is 0 Å². The Hall–Kier alpha value is -2.36. The largest absolute Gasteiger partial charge is 0.398 e. The highest BCUT2D eigenvalue weighted by Crippen LogP contribution is 2.25. The number of aromatic nitrogens is 1. The molecule has 4 heteroatoms. The monoisotopic (exact) mass is 253 g/mol. The molecule has 1 aliphatic rings. The molecule has 1 amide bonds. The van der Waals surface area contributed by atoms with Gasteiger partial charge in [-0.3, -0.25) is 9.78 Å². The Balaban J connectivity index is 1.88. The van der Waals surface area contributed by atoms with Crippen molar-refractivity contribution >= 4 is 11.6 Å². The number of rotatable bonds is 2. The number of carbonyl (C=O) groups is 1. The third-order valence-electron chi connectivity index (χ3n) is 3.46. The summed E-state index contributed by atoms with van der Waals surface area (Å²) in [5, 5.41) is 0. The number of hydrogen-bond donors (Lipinski definition) is 1. The summed E-state index contributed by atoms with van der Waals surface area (Å²) in [6.45, 7) is 1.34. The zero-order valence-corrected chi connectivity index (χ0v) is 10.5. The molecule has 2 N–H and O–H groups in total. The van der Waals surface area contributed by atoms with Gasteiger partial charge in [0.2, 0.25) is 0 Å². The summed E-state index contributed by atoms with van der Waals surface area (Å²) in [6, 6.07) is 9.52. The van der Waals surface area contributed by atoms with Crippen LogP contribution in [-0.2, 0) is 13.0 Å². The molecule has 0 saturated carbocycles. The van der Waals surface area contributed by atoms with Gasteiger partial charge in [-0.25, -0.2) is 0 Å². The van der Waals surface area contributed by atoms with Crippen molar-refractivity contribution in [2.45, 2.75) is 13.0 Å². The van der Waals surface area contributed by atoms with Gasteiger partial charge in [-0.1, -0.05) is 12.1 Å². The average molecular weight is 253 g/mol. The Morgan fingerprint density at radius 2 is 2.00 bits per heavy atom. The highest BCUT2D eigenvalue weighted by Gasteiger charge is 2.25. The van der Waals surface area contributed by atoms with Crippen molar-refractivity contribution in [2.24, 2.45) is 0 Å². The minimum atomic E-state index is 0.0242. The molecule has 0 bridgehead atoms. The van der Waals surface area contributed by atoms with Crippen LogP contribution in [0.5, 0.6) is 0 Å². The van der Waals surface area contributed by atoms with Crippen molar-refractivity contribution in [1.29, 1.82) is 0 Å². The van der Waals surface area contributed by atoms with Gasteiger partial charge in [-0.2, -0.15) is 0 Å². The minimum Gasteiger partial charge on any atom is -0.398 e. The van der Waals surface area contributed by atoms with E-state index in [0.717, 1.165) is 24.1 Å². The summed E-state index contributed by atoms with van der Waals surface area (Å²) in [7, 11) is 0. The van der Waals surface area contributed by atoms with Crippen molar-refractivity contribution in [1.82, 2.24) is 9.88 Å². The molecule has 2 heterocycles. The molecule has 4 nitrogen and oxygen atoms in total. The normalized spacial score (nSPS) is 14.3. The Morgan fingerprint density at radius 3 is 2.79 bits per heavy atom. The van der Waals surface area contributed by atoms with Gasteiger partial charge in [-0.15, -0.1) is 0 Å². The number of fused-ring (bicyclic) bond motifs is 1. The SMILES string of the molecule is Nc1cccc2c1C(=O)N(Cc1ccncc1)CC2. The molecule has 0 unspecified atom stereocenters. The lowest BCUT2D eigenvalue weighted by atomic mass is 9.97. The summed E-state index contributed by atoms with van der Waals surface area (Å²) >= 11 is 0. The number of amides is 1. The third kappa shape index (κ3) is 2.17. The Labute approximate surface area is 111 Å². The summed E-state index contributed by atoms with van der Waals surface area (Å²) in [6.07, 6.45) is 4.34. The molecule has 3 rings (SSSR count). The molecule has 1 aromatic carbocycles. The summed E-state index contributed by atoms with van der Waals surface area (Å²) < 4.78 is 0. The first-order valence-corrected chi connectivity index (χ1v) is 6.31. The summed E-state index contributed by atoms with van der Waals surface area (Å²) in [4.78, 5) is 18.3. The molecule has 19 heavy (non-hydrogen) atoms. The average Bonchev–Trinajstić information content (AvgIpc) is 2.43. The molecule has 0 radical (unpaired) electrons. The Kier molecular flexibility index (Phi) is 2.91. The van der Waals surface area contributed by atoms with Gasteiger partial charge in [-0.05, 0) is 35.7 Å². The number of nitrogens with two attached hydrogens (primary N) is 1. The maximum atomic E-state index is 12.5. The van der Waals surface area contributed by atoms with Gasteiger partial charge in [0.25, 0.3) is 5.91 Å². The molecular formula is C15H15N3O. The molecule has 0 aliphatic carbocycles. The zero-order chi connectivity index (χ0) is 13.2. The van der Waals surface area contributed by atoms with Gasteiger partial charge < -0.3 is 10.6 Å². The van der Waals surface area contributed by atoms with Crippen LogP contribution in [0.1, 0.15) is 21.5 Å². The second-order valence-corrected chi connectivity index (χ2v) is 4.71. The van der Waals surface area contributed by atoms with E-state index in [2.05, 4.69) is 4.98 Å². The van der Waals surface area contributed by atoms with Crippen molar-refractivity contribution < 1.29 is 4.79 Å². The molecule has 2 aromatic rings. The standard InChI is InChI=1S/C15H15N3O/c16-13-3-1-2-12-6-9-18(15(19)14(12)13)10-11-4-7-17-8-5-11/h1-5,7-8H,6,9-10,16H2. The van der Waals surface area contributed by atoms with Gasteiger partial charge in [0, 0.05) is 31.2 Å². The number of benzene rings is 1. The first-order chi connectivity index (χ1) is 9.25. The lowest BCUT2D eigenvalue weighted by Crippen LogP contribution is -2.37. The van der Waals surface area contributed by atoms with E-state index in [1.54, 1.807) is 18.5 Å². The molecule has 0 spiro atoms. The highest BCUT2D eigenvalue weighted by molar-refractivity contribution is 6.01. The van der Waals surface area contributed by atoms with E-state index < -0.39 is 0 Å². The maximum Gasteiger partial charge on any atom is 0.256 e. The van der Waals surface area contributed by atoms with Crippen LogP contribution in [0, 0.1) is 0 Å². The zero-order valence-electron chi connectivity index (χ0n) is 10.5. The number of carbonyl (C=O) groups excluding carboxylic acids is 1. The topological polar surface area (TPSA) is 59.2 Å². The molecule has 1 aromatic heterocycles. The fraction of sp³-hybridized carbons (Fsp3) is 0.200. The maximum absolute atomic E-state index is 12.5. The third-order valence-corrected chi connectivity index (χ3v) is 3.46. The van der Waals surface area contributed by atoms with Crippen LogP contribution >= 0.6 is 0 Å². The highest BCUT2D eigenvalue weighted by atomic mass is 16.2. The van der Waals surface area contributed by atoms with Crippen LogP contribution in [0.25, 0.3) is 0 Å². The van der Waals surface area contributed by atoms with E-state index in [9.17, 15) is 4.79 Å². The Bertz CT molecular complexity index is 610. The first-order valence-electron chi connectivity index (χ1n) is 6.31. The van der Waals surface area contributed by atoms with E-state index >= 15 is 0 Å². The fourth-order valence-corrected chi connectivity index (χ4v) is 2.46. The number of nitrogen functional groups attached to an aromatic ring is 1. The van der Waals surface area contributed by atoms with E-state index in [1.165, 1.54) is 0 Å². The van der Waals surface area contributed by atoms with Crippen LogP contribution in [0.4, 0.5) is 5.69 Å². The van der Waals surface area contributed by atoms with E-state index in [4.69, 9.17) is 5.73 Å². The molecule has 96 valence electrons. The van der Waals surface area contributed by atoms with E-state index in [0.29, 0.717) is 17.8 Å². The second-order valence-electron chi connectivity index (χ2n) is 4.71. The van der Waals surface area contributed by atoms with Gasteiger partial charge in [0.1, 0.15) is 0 Å². The van der Waals surface area contributed by atoms with E-state index in [-0.39, 0.29) is 5.91 Å². The molecule has 1 aliphatic heterocycles. The number of pyridine rings is 1. The lowest BCUT2D eigenvalue weighted by molar-refractivity contribution is 0.0728. The molecule has 0 fully saturated rings. The van der Waals surface area contributed by atoms with Crippen molar-refractivity contribution in [2.75, 3.05) is 12.3 Å². The first kappa shape index (κ1) is 11.7. The number of nitrogens with zero attached hydrogens (tertiary/aromatic N) is 2. The fourth-order valence-electron chi connectivity index (χ4n) is 2.46. The van der Waals surface area contributed by atoms with Gasteiger partial charge >= 0.3 is 0 Å². The molecule has 0 atom stereocenters. The summed E-state index contributed by atoms with van der Waals surface area (Å²) in [5.41, 5.74) is 9.31. The van der Waals surface area contributed by atoms with Crippen LogP contribution in [-0.4, -0.2) is 22.3 Å². The number of anilines is 1. The van der Waals surface area contributed by atoms with Crippen molar-refractivity contribution in [3.8, 4) is 0 Å². The molecule has 0 saturated heterocycles. The lowest BCUT2D eigenvalue weighted by Gasteiger charge is -2.29. The van der Waals surface area contributed by atoms with Crippen LogP contribution < -0.4 is 5.73 Å². The van der Waals surface area contributed by atoms with Crippen molar-refractivity contribution in [3.63, 3.8) is 0 Å².